The number of rotatable bonds is 6. The topological polar surface area (TPSA) is 41.5 Å². The molecular formula is C16H24FNO2. The van der Waals surface area contributed by atoms with Crippen LogP contribution in [-0.2, 0) is 6.54 Å². The van der Waals surface area contributed by atoms with Crippen LogP contribution in [0, 0.1) is 5.82 Å². The van der Waals surface area contributed by atoms with Gasteiger partial charge in [-0.25, -0.2) is 4.39 Å². The van der Waals surface area contributed by atoms with Crippen LogP contribution >= 0.6 is 0 Å². The third kappa shape index (κ3) is 4.18. The first-order valence-corrected chi connectivity index (χ1v) is 7.54. The van der Waals surface area contributed by atoms with Gasteiger partial charge in [-0.05, 0) is 50.4 Å². The fraction of sp³-hybridized carbons (Fsp3) is 0.625. The van der Waals surface area contributed by atoms with Crippen molar-refractivity contribution in [2.45, 2.75) is 57.8 Å². The standard InChI is InChI=1S/C16H24FNO2/c1-2-9-18-11-12-10-13(17)7-8-15(12)20-16-6-4-3-5-14(16)19/h7-8,10,14,16,18-19H,2-6,9,11H2,1H3. The lowest BCUT2D eigenvalue weighted by Crippen LogP contribution is -2.35. The minimum atomic E-state index is -0.412. The van der Waals surface area contributed by atoms with Crippen molar-refractivity contribution in [3.8, 4) is 5.75 Å². The summed E-state index contributed by atoms with van der Waals surface area (Å²) in [5.74, 6) is 0.427. The van der Waals surface area contributed by atoms with Crippen LogP contribution in [0.15, 0.2) is 18.2 Å². The zero-order chi connectivity index (χ0) is 14.4. The Labute approximate surface area is 120 Å². The highest BCUT2D eigenvalue weighted by Crippen LogP contribution is 2.27. The molecule has 2 unspecified atom stereocenters. The van der Waals surface area contributed by atoms with E-state index in [2.05, 4.69) is 12.2 Å². The molecule has 1 aliphatic carbocycles. The molecule has 4 heteroatoms. The van der Waals surface area contributed by atoms with Crippen molar-refractivity contribution < 1.29 is 14.2 Å². The van der Waals surface area contributed by atoms with Gasteiger partial charge >= 0.3 is 0 Å². The molecule has 0 spiro atoms. The normalized spacial score (nSPS) is 22.8. The fourth-order valence-corrected chi connectivity index (χ4v) is 2.58. The van der Waals surface area contributed by atoms with E-state index in [0.717, 1.165) is 44.2 Å². The Hall–Kier alpha value is -1.13. The number of benzene rings is 1. The van der Waals surface area contributed by atoms with Crippen LogP contribution in [0.2, 0.25) is 0 Å². The summed E-state index contributed by atoms with van der Waals surface area (Å²) in [6, 6.07) is 4.58. The highest BCUT2D eigenvalue weighted by atomic mass is 19.1. The van der Waals surface area contributed by atoms with E-state index >= 15 is 0 Å². The first-order chi connectivity index (χ1) is 9.70. The molecule has 3 nitrogen and oxygen atoms in total. The van der Waals surface area contributed by atoms with Crippen LogP contribution in [0.1, 0.15) is 44.6 Å². The molecule has 0 radical (unpaired) electrons. The lowest BCUT2D eigenvalue weighted by atomic mass is 9.95. The summed E-state index contributed by atoms with van der Waals surface area (Å²) in [6.07, 6.45) is 4.23. The molecule has 1 aromatic rings. The second kappa shape index (κ2) is 7.60. The van der Waals surface area contributed by atoms with Crippen molar-refractivity contribution in [2.75, 3.05) is 6.54 Å². The van der Waals surface area contributed by atoms with Gasteiger partial charge in [0.1, 0.15) is 17.7 Å². The molecule has 20 heavy (non-hydrogen) atoms. The summed E-state index contributed by atoms with van der Waals surface area (Å²) in [5.41, 5.74) is 0.816. The van der Waals surface area contributed by atoms with Gasteiger partial charge in [0, 0.05) is 12.1 Å². The predicted molar refractivity (Wildman–Crippen MR) is 77.3 cm³/mol. The van der Waals surface area contributed by atoms with Gasteiger partial charge in [-0.3, -0.25) is 0 Å². The molecule has 1 aromatic carbocycles. The molecule has 0 aliphatic heterocycles. The predicted octanol–water partition coefficient (Wildman–Crippen LogP) is 3.01. The van der Waals surface area contributed by atoms with E-state index in [9.17, 15) is 9.50 Å². The minimum absolute atomic E-state index is 0.167. The van der Waals surface area contributed by atoms with E-state index in [1.165, 1.54) is 12.1 Å². The number of aliphatic hydroxyl groups excluding tert-OH is 1. The molecule has 0 aromatic heterocycles. The van der Waals surface area contributed by atoms with Gasteiger partial charge in [-0.1, -0.05) is 13.3 Å². The number of aliphatic hydroxyl groups is 1. The number of hydrogen-bond acceptors (Lipinski definition) is 3. The molecule has 2 atom stereocenters. The average molecular weight is 281 g/mol. The molecular weight excluding hydrogens is 257 g/mol. The van der Waals surface area contributed by atoms with Crippen molar-refractivity contribution in [1.82, 2.24) is 5.32 Å². The minimum Gasteiger partial charge on any atom is -0.487 e. The van der Waals surface area contributed by atoms with Crippen LogP contribution in [0.4, 0.5) is 4.39 Å². The first kappa shape index (κ1) is 15.3. The number of nitrogens with one attached hydrogen (secondary N) is 1. The molecule has 0 saturated heterocycles. The molecule has 0 bridgehead atoms. The van der Waals surface area contributed by atoms with E-state index < -0.39 is 6.10 Å². The molecule has 0 amide bonds. The Morgan fingerprint density at radius 3 is 2.90 bits per heavy atom. The smallest absolute Gasteiger partial charge is 0.124 e. The van der Waals surface area contributed by atoms with Crippen molar-refractivity contribution in [2.24, 2.45) is 0 Å². The number of hydrogen-bond donors (Lipinski definition) is 2. The Kier molecular flexibility index (Phi) is 5.80. The molecule has 112 valence electrons. The Morgan fingerprint density at radius 1 is 1.35 bits per heavy atom. The molecule has 1 saturated carbocycles. The number of halogens is 1. The average Bonchev–Trinajstić information content (AvgIpc) is 2.44. The summed E-state index contributed by atoms with van der Waals surface area (Å²) in [4.78, 5) is 0. The van der Waals surface area contributed by atoms with Gasteiger partial charge in [0.15, 0.2) is 0 Å². The molecule has 0 heterocycles. The molecule has 2 N–H and O–H groups in total. The Morgan fingerprint density at radius 2 is 2.15 bits per heavy atom. The number of ether oxygens (including phenoxy) is 1. The highest BCUT2D eigenvalue weighted by Gasteiger charge is 2.25. The monoisotopic (exact) mass is 281 g/mol. The summed E-state index contributed by atoms with van der Waals surface area (Å²) < 4.78 is 19.3. The molecule has 2 rings (SSSR count). The third-order valence-corrected chi connectivity index (χ3v) is 3.71. The SMILES string of the molecule is CCCNCc1cc(F)ccc1OC1CCCCC1O. The van der Waals surface area contributed by atoms with Gasteiger partial charge in [0.2, 0.25) is 0 Å². The van der Waals surface area contributed by atoms with E-state index in [4.69, 9.17) is 4.74 Å². The van der Waals surface area contributed by atoms with Crippen molar-refractivity contribution in [3.05, 3.63) is 29.6 Å². The Balaban J connectivity index is 2.05. The van der Waals surface area contributed by atoms with Gasteiger partial charge in [0.25, 0.3) is 0 Å². The third-order valence-electron chi connectivity index (χ3n) is 3.71. The second-order valence-corrected chi connectivity index (χ2v) is 5.44. The maximum absolute atomic E-state index is 13.4. The van der Waals surface area contributed by atoms with Crippen molar-refractivity contribution in [3.63, 3.8) is 0 Å². The van der Waals surface area contributed by atoms with E-state index in [1.807, 2.05) is 0 Å². The van der Waals surface area contributed by atoms with Crippen LogP contribution in [-0.4, -0.2) is 23.9 Å². The maximum Gasteiger partial charge on any atom is 0.124 e. The van der Waals surface area contributed by atoms with Gasteiger partial charge in [0.05, 0.1) is 6.10 Å². The summed E-state index contributed by atoms with van der Waals surface area (Å²) >= 11 is 0. The highest BCUT2D eigenvalue weighted by molar-refractivity contribution is 5.34. The lowest BCUT2D eigenvalue weighted by Gasteiger charge is -2.29. The van der Waals surface area contributed by atoms with Crippen LogP contribution < -0.4 is 10.1 Å². The summed E-state index contributed by atoms with van der Waals surface area (Å²) in [7, 11) is 0. The second-order valence-electron chi connectivity index (χ2n) is 5.44. The maximum atomic E-state index is 13.4. The van der Waals surface area contributed by atoms with Crippen LogP contribution in [0.3, 0.4) is 0 Å². The van der Waals surface area contributed by atoms with Crippen LogP contribution in [0.25, 0.3) is 0 Å². The zero-order valence-electron chi connectivity index (χ0n) is 12.1. The zero-order valence-corrected chi connectivity index (χ0v) is 12.1. The molecule has 1 fully saturated rings. The Bertz CT molecular complexity index is 425. The fourth-order valence-electron chi connectivity index (χ4n) is 2.58. The largest absolute Gasteiger partial charge is 0.487 e. The van der Waals surface area contributed by atoms with Crippen LogP contribution in [0.5, 0.6) is 5.75 Å². The molecule has 1 aliphatic rings. The van der Waals surface area contributed by atoms with Crippen molar-refractivity contribution in [1.29, 1.82) is 0 Å². The van der Waals surface area contributed by atoms with E-state index in [-0.39, 0.29) is 11.9 Å². The van der Waals surface area contributed by atoms with E-state index in [0.29, 0.717) is 12.3 Å². The van der Waals surface area contributed by atoms with E-state index in [1.54, 1.807) is 6.07 Å². The summed E-state index contributed by atoms with van der Waals surface area (Å²) in [6.45, 7) is 3.57. The van der Waals surface area contributed by atoms with Gasteiger partial charge < -0.3 is 15.2 Å². The quantitative estimate of drug-likeness (QED) is 0.788. The lowest BCUT2D eigenvalue weighted by molar-refractivity contribution is 0.00632. The van der Waals surface area contributed by atoms with Crippen molar-refractivity contribution >= 4 is 0 Å². The van der Waals surface area contributed by atoms with Gasteiger partial charge in [-0.2, -0.15) is 0 Å². The van der Waals surface area contributed by atoms with Gasteiger partial charge in [-0.15, -0.1) is 0 Å². The summed E-state index contributed by atoms with van der Waals surface area (Å²) in [5, 5.41) is 13.2. The first-order valence-electron chi connectivity index (χ1n) is 7.54.